The van der Waals surface area contributed by atoms with E-state index in [4.69, 9.17) is 0 Å². The molecule has 1 aliphatic heterocycles. The first-order chi connectivity index (χ1) is 7.24. The monoisotopic (exact) mass is 222 g/mol. The van der Waals surface area contributed by atoms with E-state index in [1.165, 1.54) is 11.1 Å². The van der Waals surface area contributed by atoms with Crippen LogP contribution in [0.4, 0.5) is 0 Å². The van der Waals surface area contributed by atoms with Crippen molar-refractivity contribution in [2.24, 2.45) is 0 Å². The van der Waals surface area contributed by atoms with Gasteiger partial charge < -0.3 is 0 Å². The maximum Gasteiger partial charge on any atom is 0.106 e. The molecular formula is C12H18N2S. The van der Waals surface area contributed by atoms with Gasteiger partial charge in [-0.3, -0.25) is 10.6 Å². The van der Waals surface area contributed by atoms with Crippen LogP contribution < -0.4 is 10.6 Å². The third-order valence-corrected chi connectivity index (χ3v) is 3.72. The molecule has 2 nitrogen and oxygen atoms in total. The van der Waals surface area contributed by atoms with Gasteiger partial charge in [0.15, 0.2) is 0 Å². The first-order valence-corrected chi connectivity index (χ1v) is 6.45. The second kappa shape index (κ2) is 5.01. The normalized spacial score (nSPS) is 25.7. The topological polar surface area (TPSA) is 24.1 Å². The first-order valence-electron chi connectivity index (χ1n) is 5.40. The summed E-state index contributed by atoms with van der Waals surface area (Å²) in [5, 5.41) is 6.93. The van der Waals surface area contributed by atoms with Gasteiger partial charge in [0.2, 0.25) is 0 Å². The highest BCUT2D eigenvalue weighted by atomic mass is 32.2. The predicted octanol–water partition coefficient (Wildman–Crippen LogP) is 2.09. The van der Waals surface area contributed by atoms with Crippen LogP contribution in [-0.2, 0) is 5.75 Å². The first kappa shape index (κ1) is 11.0. The molecule has 15 heavy (non-hydrogen) atoms. The average molecular weight is 222 g/mol. The molecule has 82 valence electrons. The van der Waals surface area contributed by atoms with Crippen LogP contribution in [0, 0.1) is 6.92 Å². The summed E-state index contributed by atoms with van der Waals surface area (Å²) in [6.07, 6.45) is 0. The molecule has 0 aliphatic carbocycles. The van der Waals surface area contributed by atoms with Gasteiger partial charge in [0, 0.05) is 18.3 Å². The minimum absolute atomic E-state index is 0.418. The molecule has 3 heteroatoms. The summed E-state index contributed by atoms with van der Waals surface area (Å²) >= 11 is 1.92. The van der Waals surface area contributed by atoms with Gasteiger partial charge in [-0.1, -0.05) is 29.8 Å². The standard InChI is InChI=1S/C12H18N2S/c1-9-3-5-11(6-4-9)8-15-12-13-7-10(2)14-12/h3-6,10,12-14H,7-8H2,1-2H3. The van der Waals surface area contributed by atoms with Gasteiger partial charge in [0.05, 0.1) is 0 Å². The smallest absolute Gasteiger partial charge is 0.106 e. The van der Waals surface area contributed by atoms with Crippen LogP contribution in [0.2, 0.25) is 0 Å². The van der Waals surface area contributed by atoms with Gasteiger partial charge in [-0.15, -0.1) is 11.8 Å². The zero-order chi connectivity index (χ0) is 10.7. The molecule has 1 fully saturated rings. The summed E-state index contributed by atoms with van der Waals surface area (Å²) in [6, 6.07) is 9.37. The number of rotatable bonds is 3. The zero-order valence-electron chi connectivity index (χ0n) is 9.29. The molecular weight excluding hydrogens is 204 g/mol. The van der Waals surface area contributed by atoms with E-state index in [9.17, 15) is 0 Å². The van der Waals surface area contributed by atoms with Crippen molar-refractivity contribution in [1.29, 1.82) is 0 Å². The van der Waals surface area contributed by atoms with E-state index in [2.05, 4.69) is 48.7 Å². The number of benzene rings is 1. The van der Waals surface area contributed by atoms with Gasteiger partial charge in [0.25, 0.3) is 0 Å². The van der Waals surface area contributed by atoms with Crippen molar-refractivity contribution in [1.82, 2.24) is 10.6 Å². The molecule has 2 N–H and O–H groups in total. The van der Waals surface area contributed by atoms with Gasteiger partial charge in [-0.25, -0.2) is 0 Å². The molecule has 1 aromatic carbocycles. The van der Waals surface area contributed by atoms with Gasteiger partial charge in [-0.05, 0) is 19.4 Å². The highest BCUT2D eigenvalue weighted by molar-refractivity contribution is 7.99. The molecule has 2 rings (SSSR count). The second-order valence-corrected chi connectivity index (χ2v) is 5.25. The quantitative estimate of drug-likeness (QED) is 0.819. The van der Waals surface area contributed by atoms with Crippen LogP contribution >= 0.6 is 11.8 Å². The van der Waals surface area contributed by atoms with E-state index in [-0.39, 0.29) is 0 Å². The highest BCUT2D eigenvalue weighted by Gasteiger charge is 2.18. The van der Waals surface area contributed by atoms with Crippen molar-refractivity contribution in [3.8, 4) is 0 Å². The summed E-state index contributed by atoms with van der Waals surface area (Å²) in [7, 11) is 0. The summed E-state index contributed by atoms with van der Waals surface area (Å²) < 4.78 is 0. The Hall–Kier alpha value is -0.510. The van der Waals surface area contributed by atoms with Crippen LogP contribution in [0.15, 0.2) is 24.3 Å². The minimum atomic E-state index is 0.418. The maximum atomic E-state index is 3.49. The Balaban J connectivity index is 1.80. The SMILES string of the molecule is Cc1ccc(CSC2NCC(C)N2)cc1. The van der Waals surface area contributed by atoms with E-state index < -0.39 is 0 Å². The number of aryl methyl sites for hydroxylation is 1. The Labute approximate surface area is 95.8 Å². The summed E-state index contributed by atoms with van der Waals surface area (Å²) in [5.74, 6) is 1.07. The van der Waals surface area contributed by atoms with Crippen molar-refractivity contribution >= 4 is 11.8 Å². The van der Waals surface area contributed by atoms with E-state index >= 15 is 0 Å². The van der Waals surface area contributed by atoms with E-state index in [0.29, 0.717) is 11.5 Å². The van der Waals surface area contributed by atoms with Crippen molar-refractivity contribution < 1.29 is 0 Å². The molecule has 0 aromatic heterocycles. The number of hydrogen-bond acceptors (Lipinski definition) is 3. The van der Waals surface area contributed by atoms with E-state index in [1.807, 2.05) is 11.8 Å². The van der Waals surface area contributed by atoms with Crippen molar-refractivity contribution in [3.05, 3.63) is 35.4 Å². The average Bonchev–Trinajstić information content (AvgIpc) is 2.64. The van der Waals surface area contributed by atoms with Crippen molar-refractivity contribution in [2.75, 3.05) is 6.54 Å². The van der Waals surface area contributed by atoms with Gasteiger partial charge in [-0.2, -0.15) is 0 Å². The van der Waals surface area contributed by atoms with E-state index in [1.54, 1.807) is 0 Å². The lowest BCUT2D eigenvalue weighted by molar-refractivity contribution is 0.670. The predicted molar refractivity (Wildman–Crippen MR) is 66.9 cm³/mol. The Morgan fingerprint density at radius 3 is 2.67 bits per heavy atom. The molecule has 0 spiro atoms. The Morgan fingerprint density at radius 2 is 2.07 bits per heavy atom. The second-order valence-electron chi connectivity index (χ2n) is 4.15. The Morgan fingerprint density at radius 1 is 1.33 bits per heavy atom. The Bertz CT molecular complexity index is 310. The molecule has 1 saturated heterocycles. The zero-order valence-corrected chi connectivity index (χ0v) is 10.1. The summed E-state index contributed by atoms with van der Waals surface area (Å²) in [6.45, 7) is 5.41. The molecule has 2 atom stereocenters. The van der Waals surface area contributed by atoms with Crippen LogP contribution in [-0.4, -0.2) is 18.1 Å². The molecule has 2 unspecified atom stereocenters. The van der Waals surface area contributed by atoms with Crippen LogP contribution in [0.5, 0.6) is 0 Å². The molecule has 1 heterocycles. The van der Waals surface area contributed by atoms with Gasteiger partial charge >= 0.3 is 0 Å². The third-order valence-electron chi connectivity index (χ3n) is 2.58. The number of thioether (sulfide) groups is 1. The van der Waals surface area contributed by atoms with Crippen LogP contribution in [0.1, 0.15) is 18.1 Å². The molecule has 0 radical (unpaired) electrons. The maximum absolute atomic E-state index is 3.49. The molecule has 0 saturated carbocycles. The fourth-order valence-electron chi connectivity index (χ4n) is 1.63. The lowest BCUT2D eigenvalue weighted by Crippen LogP contribution is -2.29. The fraction of sp³-hybridized carbons (Fsp3) is 0.500. The molecule has 1 aliphatic rings. The molecule has 1 aromatic rings. The van der Waals surface area contributed by atoms with E-state index in [0.717, 1.165) is 12.3 Å². The summed E-state index contributed by atoms with van der Waals surface area (Å²) in [5.41, 5.74) is 3.14. The molecule has 0 amide bonds. The van der Waals surface area contributed by atoms with Crippen molar-refractivity contribution in [3.63, 3.8) is 0 Å². The fourth-order valence-corrected chi connectivity index (χ4v) is 2.73. The van der Waals surface area contributed by atoms with Crippen LogP contribution in [0.25, 0.3) is 0 Å². The Kier molecular flexibility index (Phi) is 3.67. The molecule has 0 bridgehead atoms. The minimum Gasteiger partial charge on any atom is -0.292 e. The number of nitrogens with one attached hydrogen (secondary N) is 2. The highest BCUT2D eigenvalue weighted by Crippen LogP contribution is 2.17. The summed E-state index contributed by atoms with van der Waals surface area (Å²) in [4.78, 5) is 0. The van der Waals surface area contributed by atoms with Crippen LogP contribution in [0.3, 0.4) is 0 Å². The number of hydrogen-bond donors (Lipinski definition) is 2. The van der Waals surface area contributed by atoms with Crippen molar-refractivity contribution in [2.45, 2.75) is 31.1 Å². The van der Waals surface area contributed by atoms with Gasteiger partial charge in [0.1, 0.15) is 5.50 Å². The largest absolute Gasteiger partial charge is 0.292 e. The lowest BCUT2D eigenvalue weighted by atomic mass is 10.2. The third kappa shape index (κ3) is 3.23. The lowest BCUT2D eigenvalue weighted by Gasteiger charge is -2.11.